The van der Waals surface area contributed by atoms with E-state index >= 15 is 0 Å². The van der Waals surface area contributed by atoms with E-state index in [0.717, 1.165) is 31.9 Å². The molecule has 1 saturated heterocycles. The van der Waals surface area contributed by atoms with Crippen molar-refractivity contribution in [2.75, 3.05) is 48.8 Å². The Balaban J connectivity index is 1.30. The van der Waals surface area contributed by atoms with E-state index in [1.165, 1.54) is 11.8 Å². The lowest BCUT2D eigenvalue weighted by Gasteiger charge is -2.34. The number of hydrogen-bond acceptors (Lipinski definition) is 7. The first-order valence-electron chi connectivity index (χ1n) is 11.4. The number of anilines is 4. The minimum atomic E-state index is -0.283. The average molecular weight is 470 g/mol. The molecule has 9 nitrogen and oxygen atoms in total. The highest BCUT2D eigenvalue weighted by molar-refractivity contribution is 5.98. The number of piperazine rings is 1. The highest BCUT2D eigenvalue weighted by Gasteiger charge is 2.15. The molecule has 2 N–H and O–H groups in total. The number of nitrogens with one attached hydrogen (secondary N) is 2. The largest absolute Gasteiger partial charge is 0.453 e. The maximum atomic E-state index is 11.6. The van der Waals surface area contributed by atoms with Gasteiger partial charge in [-0.25, -0.2) is 4.52 Å². The summed E-state index contributed by atoms with van der Waals surface area (Å²) in [6.07, 6.45) is 3.04. The van der Waals surface area contributed by atoms with Crippen molar-refractivity contribution < 1.29 is 9.53 Å². The van der Waals surface area contributed by atoms with E-state index in [1.807, 2.05) is 36.5 Å². The van der Waals surface area contributed by atoms with Gasteiger partial charge in [-0.2, -0.15) is 4.98 Å². The van der Waals surface area contributed by atoms with Crippen LogP contribution in [0.4, 0.5) is 23.0 Å². The summed E-state index contributed by atoms with van der Waals surface area (Å²) in [5.41, 5.74) is 3.31. The maximum Gasteiger partial charge on any atom is 0.247 e. The summed E-state index contributed by atoms with van der Waals surface area (Å²) in [5.74, 6) is 1.30. The van der Waals surface area contributed by atoms with Crippen LogP contribution in [0.25, 0.3) is 5.65 Å². The van der Waals surface area contributed by atoms with Crippen LogP contribution in [0, 0.1) is 0 Å². The number of amides is 1. The number of nitrogens with zero attached hydrogens (tertiary/aromatic N) is 5. The van der Waals surface area contributed by atoms with Crippen molar-refractivity contribution in [3.63, 3.8) is 0 Å². The van der Waals surface area contributed by atoms with Crippen molar-refractivity contribution in [1.82, 2.24) is 19.5 Å². The number of carbonyl (C=O) groups excluding carboxylic acids is 1. The van der Waals surface area contributed by atoms with Crippen molar-refractivity contribution >= 4 is 34.6 Å². The van der Waals surface area contributed by atoms with Crippen molar-refractivity contribution in [2.24, 2.45) is 0 Å². The number of pyridine rings is 1. The number of hydrogen-bond donors (Lipinski definition) is 2. The minimum Gasteiger partial charge on any atom is -0.453 e. The number of fused-ring (bicyclic) bond motifs is 1. The van der Waals surface area contributed by atoms with E-state index < -0.39 is 0 Å². The summed E-state index contributed by atoms with van der Waals surface area (Å²) in [7, 11) is 2.16. The number of benzene rings is 2. The Morgan fingerprint density at radius 1 is 1.03 bits per heavy atom. The maximum absolute atomic E-state index is 11.6. The van der Waals surface area contributed by atoms with Crippen LogP contribution in [-0.4, -0.2) is 58.6 Å². The summed E-state index contributed by atoms with van der Waals surface area (Å²) in [4.78, 5) is 21.0. The Morgan fingerprint density at radius 2 is 1.83 bits per heavy atom. The summed E-state index contributed by atoms with van der Waals surface area (Å²) >= 11 is 0. The van der Waals surface area contributed by atoms with Crippen LogP contribution in [-0.2, 0) is 4.79 Å². The molecule has 1 aliphatic rings. The van der Waals surface area contributed by atoms with Crippen molar-refractivity contribution in [2.45, 2.75) is 0 Å². The molecular formula is C26H27N7O2. The highest BCUT2D eigenvalue weighted by Crippen LogP contribution is 2.28. The molecule has 2 aromatic carbocycles. The van der Waals surface area contributed by atoms with E-state index in [2.05, 4.69) is 56.3 Å². The second-order valence-electron chi connectivity index (χ2n) is 8.36. The van der Waals surface area contributed by atoms with Gasteiger partial charge in [0, 0.05) is 55.5 Å². The summed E-state index contributed by atoms with van der Waals surface area (Å²) in [5, 5.41) is 10.5. The lowest BCUT2D eigenvalue weighted by atomic mass is 10.2. The van der Waals surface area contributed by atoms with E-state index in [-0.39, 0.29) is 5.91 Å². The molecule has 9 heteroatoms. The predicted molar refractivity (Wildman–Crippen MR) is 138 cm³/mol. The first-order valence-corrected chi connectivity index (χ1v) is 11.4. The first-order chi connectivity index (χ1) is 17.1. The van der Waals surface area contributed by atoms with Gasteiger partial charge < -0.3 is 25.2 Å². The molecule has 178 valence electrons. The molecule has 4 aromatic rings. The monoisotopic (exact) mass is 469 g/mol. The predicted octanol–water partition coefficient (Wildman–Crippen LogP) is 4.14. The van der Waals surface area contributed by atoms with Crippen LogP contribution in [0.3, 0.4) is 0 Å². The van der Waals surface area contributed by atoms with Gasteiger partial charge in [0.2, 0.25) is 11.9 Å². The number of ether oxygens (including phenoxy) is 1. The Hall–Kier alpha value is -4.37. The second-order valence-corrected chi connectivity index (χ2v) is 8.36. The quantitative estimate of drug-likeness (QED) is 0.393. The molecule has 0 radical (unpaired) electrons. The molecule has 1 fully saturated rings. The smallest absolute Gasteiger partial charge is 0.247 e. The van der Waals surface area contributed by atoms with Crippen LogP contribution < -0.4 is 20.3 Å². The topological polar surface area (TPSA) is 87.0 Å². The van der Waals surface area contributed by atoms with E-state index in [0.29, 0.717) is 28.8 Å². The zero-order valence-electron chi connectivity index (χ0n) is 19.5. The molecule has 0 unspecified atom stereocenters. The lowest BCUT2D eigenvalue weighted by molar-refractivity contribution is -0.111. The van der Waals surface area contributed by atoms with Crippen molar-refractivity contribution in [3.8, 4) is 11.5 Å². The number of likely N-dealkylation sites (N-methyl/N-ethyl adjacent to an activating group) is 1. The SMILES string of the molecule is C=CC(=O)Nc1cccc(Oc2cccn3nc(Nc4ccc(N5CCN(C)CC5)cc4)nc23)c1. The zero-order chi connectivity index (χ0) is 24.2. The van der Waals surface area contributed by atoms with Gasteiger partial charge in [-0.1, -0.05) is 12.6 Å². The number of carbonyl (C=O) groups is 1. The van der Waals surface area contributed by atoms with Crippen LogP contribution in [0.15, 0.2) is 79.5 Å². The minimum absolute atomic E-state index is 0.283. The van der Waals surface area contributed by atoms with E-state index in [4.69, 9.17) is 4.74 Å². The molecule has 0 atom stereocenters. The summed E-state index contributed by atoms with van der Waals surface area (Å²) in [6, 6.07) is 19.1. The fourth-order valence-electron chi connectivity index (χ4n) is 3.92. The molecule has 5 rings (SSSR count). The standard InChI is InChI=1S/C26H27N7O2/c1-3-24(34)27-20-6-4-7-22(18-20)35-23-8-5-13-33-25(23)29-26(30-33)28-19-9-11-21(12-10-19)32-16-14-31(2)15-17-32/h3-13,18H,1,14-17H2,2H3,(H,27,34)(H,28,30). The van der Waals surface area contributed by atoms with Gasteiger partial charge in [-0.05, 0) is 61.7 Å². The molecular weight excluding hydrogens is 442 g/mol. The Labute approximate surface area is 203 Å². The molecule has 0 spiro atoms. The van der Waals surface area contributed by atoms with Crippen LogP contribution in [0.1, 0.15) is 0 Å². The zero-order valence-corrected chi connectivity index (χ0v) is 19.5. The molecule has 0 bridgehead atoms. The van der Waals surface area contributed by atoms with Gasteiger partial charge in [-0.3, -0.25) is 4.79 Å². The van der Waals surface area contributed by atoms with Gasteiger partial charge in [0.1, 0.15) is 5.75 Å². The Bertz CT molecular complexity index is 1340. The normalized spacial score (nSPS) is 14.0. The molecule has 1 aliphatic heterocycles. The fourth-order valence-corrected chi connectivity index (χ4v) is 3.92. The van der Waals surface area contributed by atoms with Gasteiger partial charge >= 0.3 is 0 Å². The third-order valence-corrected chi connectivity index (χ3v) is 5.83. The van der Waals surface area contributed by atoms with E-state index in [9.17, 15) is 4.79 Å². The fraction of sp³-hybridized carbons (Fsp3) is 0.192. The Morgan fingerprint density at radius 3 is 2.60 bits per heavy atom. The van der Waals surface area contributed by atoms with Gasteiger partial charge in [0.25, 0.3) is 0 Å². The van der Waals surface area contributed by atoms with Crippen molar-refractivity contribution in [3.05, 3.63) is 79.5 Å². The van der Waals surface area contributed by atoms with Gasteiger partial charge in [0.15, 0.2) is 11.4 Å². The first kappa shape index (κ1) is 22.4. The summed E-state index contributed by atoms with van der Waals surface area (Å²) < 4.78 is 7.73. The average Bonchev–Trinajstić information content (AvgIpc) is 3.29. The second kappa shape index (κ2) is 9.86. The van der Waals surface area contributed by atoms with Gasteiger partial charge in [-0.15, -0.1) is 5.10 Å². The molecule has 0 aliphatic carbocycles. The molecule has 1 amide bonds. The molecule has 0 saturated carbocycles. The van der Waals surface area contributed by atoms with Crippen LogP contribution in [0.5, 0.6) is 11.5 Å². The Kier molecular flexibility index (Phi) is 6.32. The van der Waals surface area contributed by atoms with Crippen LogP contribution >= 0.6 is 0 Å². The van der Waals surface area contributed by atoms with Gasteiger partial charge in [0.05, 0.1) is 0 Å². The van der Waals surface area contributed by atoms with Crippen molar-refractivity contribution in [1.29, 1.82) is 0 Å². The molecule has 3 heterocycles. The lowest BCUT2D eigenvalue weighted by Crippen LogP contribution is -2.44. The van der Waals surface area contributed by atoms with Crippen LogP contribution in [0.2, 0.25) is 0 Å². The summed E-state index contributed by atoms with van der Waals surface area (Å²) in [6.45, 7) is 7.68. The third kappa shape index (κ3) is 5.25. The highest BCUT2D eigenvalue weighted by atomic mass is 16.5. The van der Waals surface area contributed by atoms with E-state index in [1.54, 1.807) is 22.7 Å². The molecule has 2 aromatic heterocycles. The molecule has 35 heavy (non-hydrogen) atoms. The number of rotatable bonds is 7. The number of aromatic nitrogens is 3. The third-order valence-electron chi connectivity index (χ3n) is 5.83.